The number of nitrogens with one attached hydrogen (secondary N) is 1. The fraction of sp³-hybridized carbons (Fsp3) is 0.267. The van der Waals surface area contributed by atoms with Gasteiger partial charge in [0.25, 0.3) is 0 Å². The minimum Gasteiger partial charge on any atom is -0.439 e. The molecule has 0 radical (unpaired) electrons. The number of hydrogen-bond donors (Lipinski definition) is 1. The van der Waals surface area contributed by atoms with Crippen molar-refractivity contribution in [3.63, 3.8) is 0 Å². The standard InChI is InChI=1S/C15H17FN2O/c1-11(2)18-10-12-5-4-8-17-15(12)19-14-7-3-6-13(16)9-14/h3-9,11,18H,10H2,1-2H3. The molecular formula is C15H17FN2O. The molecule has 100 valence electrons. The monoisotopic (exact) mass is 260 g/mol. The summed E-state index contributed by atoms with van der Waals surface area (Å²) < 4.78 is 18.7. The highest BCUT2D eigenvalue weighted by Gasteiger charge is 2.07. The molecule has 0 spiro atoms. The third kappa shape index (κ3) is 4.03. The fourth-order valence-electron chi connectivity index (χ4n) is 1.61. The molecule has 1 aromatic heterocycles. The van der Waals surface area contributed by atoms with Crippen LogP contribution in [0.5, 0.6) is 11.6 Å². The first kappa shape index (κ1) is 13.5. The van der Waals surface area contributed by atoms with Crippen LogP contribution in [0.1, 0.15) is 19.4 Å². The highest BCUT2D eigenvalue weighted by atomic mass is 19.1. The lowest BCUT2D eigenvalue weighted by molar-refractivity contribution is 0.446. The number of rotatable bonds is 5. The van der Waals surface area contributed by atoms with E-state index >= 15 is 0 Å². The summed E-state index contributed by atoms with van der Waals surface area (Å²) in [5, 5.41) is 3.31. The molecule has 0 atom stereocenters. The van der Waals surface area contributed by atoms with Crippen molar-refractivity contribution in [3.05, 3.63) is 54.0 Å². The summed E-state index contributed by atoms with van der Waals surface area (Å²) in [4.78, 5) is 4.20. The largest absolute Gasteiger partial charge is 0.439 e. The Morgan fingerprint density at radius 2 is 2.11 bits per heavy atom. The van der Waals surface area contributed by atoms with Crippen molar-refractivity contribution in [2.45, 2.75) is 26.4 Å². The molecule has 0 unspecified atom stereocenters. The number of aromatic nitrogens is 1. The number of halogens is 1. The molecular weight excluding hydrogens is 243 g/mol. The first-order valence-corrected chi connectivity index (χ1v) is 6.26. The number of hydrogen-bond acceptors (Lipinski definition) is 3. The summed E-state index contributed by atoms with van der Waals surface area (Å²) in [5.41, 5.74) is 0.945. The third-order valence-corrected chi connectivity index (χ3v) is 2.56. The lowest BCUT2D eigenvalue weighted by Gasteiger charge is -2.12. The molecule has 19 heavy (non-hydrogen) atoms. The molecule has 2 rings (SSSR count). The van der Waals surface area contributed by atoms with Gasteiger partial charge in [0.15, 0.2) is 0 Å². The van der Waals surface area contributed by atoms with E-state index in [9.17, 15) is 4.39 Å². The lowest BCUT2D eigenvalue weighted by atomic mass is 10.2. The van der Waals surface area contributed by atoms with E-state index < -0.39 is 0 Å². The molecule has 0 bridgehead atoms. The van der Waals surface area contributed by atoms with Crippen LogP contribution in [-0.2, 0) is 6.54 Å². The Labute approximate surface area is 112 Å². The van der Waals surface area contributed by atoms with E-state index in [2.05, 4.69) is 24.1 Å². The Kier molecular flexibility index (Phi) is 4.47. The van der Waals surface area contributed by atoms with Crippen LogP contribution >= 0.6 is 0 Å². The molecule has 0 saturated carbocycles. The van der Waals surface area contributed by atoms with Gasteiger partial charge in [-0.05, 0) is 18.2 Å². The van der Waals surface area contributed by atoms with E-state index in [1.807, 2.05) is 12.1 Å². The Balaban J connectivity index is 2.15. The van der Waals surface area contributed by atoms with Crippen molar-refractivity contribution in [2.75, 3.05) is 0 Å². The molecule has 0 fully saturated rings. The molecule has 0 aliphatic rings. The predicted octanol–water partition coefficient (Wildman–Crippen LogP) is 3.51. The minimum atomic E-state index is -0.324. The maximum Gasteiger partial charge on any atom is 0.223 e. The molecule has 0 aliphatic carbocycles. The highest BCUT2D eigenvalue weighted by molar-refractivity contribution is 5.32. The lowest BCUT2D eigenvalue weighted by Crippen LogP contribution is -2.22. The summed E-state index contributed by atoms with van der Waals surface area (Å²) in [6, 6.07) is 10.2. The molecule has 0 aliphatic heterocycles. The third-order valence-electron chi connectivity index (χ3n) is 2.56. The van der Waals surface area contributed by atoms with Crippen molar-refractivity contribution >= 4 is 0 Å². The van der Waals surface area contributed by atoms with Gasteiger partial charge in [-0.25, -0.2) is 9.37 Å². The Hall–Kier alpha value is -1.94. The fourth-order valence-corrected chi connectivity index (χ4v) is 1.61. The first-order valence-electron chi connectivity index (χ1n) is 6.26. The van der Waals surface area contributed by atoms with Crippen molar-refractivity contribution < 1.29 is 9.13 Å². The van der Waals surface area contributed by atoms with E-state index in [4.69, 9.17) is 4.74 Å². The molecule has 1 N–H and O–H groups in total. The van der Waals surface area contributed by atoms with E-state index in [1.54, 1.807) is 18.3 Å². The predicted molar refractivity (Wildman–Crippen MR) is 72.7 cm³/mol. The average molecular weight is 260 g/mol. The summed E-state index contributed by atoms with van der Waals surface area (Å²) in [6.07, 6.45) is 1.66. The summed E-state index contributed by atoms with van der Waals surface area (Å²) in [5.74, 6) is 0.626. The van der Waals surface area contributed by atoms with Gasteiger partial charge in [0, 0.05) is 30.4 Å². The Bertz CT molecular complexity index is 543. The molecule has 3 nitrogen and oxygen atoms in total. The van der Waals surface area contributed by atoms with E-state index in [1.165, 1.54) is 12.1 Å². The molecule has 0 saturated heterocycles. The smallest absolute Gasteiger partial charge is 0.223 e. The highest BCUT2D eigenvalue weighted by Crippen LogP contribution is 2.23. The van der Waals surface area contributed by atoms with Crippen molar-refractivity contribution in [1.82, 2.24) is 10.3 Å². The number of benzene rings is 1. The van der Waals surface area contributed by atoms with Gasteiger partial charge in [0.2, 0.25) is 5.88 Å². The van der Waals surface area contributed by atoms with Gasteiger partial charge in [-0.15, -0.1) is 0 Å². The topological polar surface area (TPSA) is 34.2 Å². The molecule has 4 heteroatoms. The van der Waals surface area contributed by atoms with Gasteiger partial charge in [0.05, 0.1) is 0 Å². The normalized spacial score (nSPS) is 10.7. The maximum absolute atomic E-state index is 13.1. The zero-order valence-electron chi connectivity index (χ0n) is 11.1. The quantitative estimate of drug-likeness (QED) is 0.893. The molecule has 1 aromatic carbocycles. The van der Waals surface area contributed by atoms with Crippen molar-refractivity contribution in [3.8, 4) is 11.6 Å². The van der Waals surface area contributed by atoms with Crippen LogP contribution in [0.15, 0.2) is 42.6 Å². The maximum atomic E-state index is 13.1. The van der Waals surface area contributed by atoms with E-state index in [0.29, 0.717) is 24.2 Å². The van der Waals surface area contributed by atoms with Crippen LogP contribution in [0.4, 0.5) is 4.39 Å². The second-order valence-corrected chi connectivity index (χ2v) is 4.56. The van der Waals surface area contributed by atoms with Crippen LogP contribution < -0.4 is 10.1 Å². The van der Waals surface area contributed by atoms with E-state index in [-0.39, 0.29) is 5.82 Å². The molecule has 0 amide bonds. The first-order chi connectivity index (χ1) is 9.15. The number of ether oxygens (including phenoxy) is 1. The SMILES string of the molecule is CC(C)NCc1cccnc1Oc1cccc(F)c1. The van der Waals surface area contributed by atoms with Gasteiger partial charge in [-0.2, -0.15) is 0 Å². The van der Waals surface area contributed by atoms with Crippen molar-refractivity contribution in [1.29, 1.82) is 0 Å². The van der Waals surface area contributed by atoms with Crippen LogP contribution in [0, 0.1) is 5.82 Å². The Morgan fingerprint density at radius 3 is 2.84 bits per heavy atom. The second-order valence-electron chi connectivity index (χ2n) is 4.56. The summed E-state index contributed by atoms with van der Waals surface area (Å²) in [7, 11) is 0. The minimum absolute atomic E-state index is 0.324. The summed E-state index contributed by atoms with van der Waals surface area (Å²) >= 11 is 0. The van der Waals surface area contributed by atoms with Gasteiger partial charge in [-0.3, -0.25) is 0 Å². The van der Waals surface area contributed by atoms with Crippen molar-refractivity contribution in [2.24, 2.45) is 0 Å². The van der Waals surface area contributed by atoms with Crippen LogP contribution in [0.2, 0.25) is 0 Å². The number of nitrogens with zero attached hydrogens (tertiary/aromatic N) is 1. The molecule has 2 aromatic rings. The van der Waals surface area contributed by atoms with Crippen LogP contribution in [0.25, 0.3) is 0 Å². The van der Waals surface area contributed by atoms with Gasteiger partial charge < -0.3 is 10.1 Å². The van der Waals surface area contributed by atoms with Crippen LogP contribution in [0.3, 0.4) is 0 Å². The number of pyridine rings is 1. The van der Waals surface area contributed by atoms with Crippen LogP contribution in [-0.4, -0.2) is 11.0 Å². The average Bonchev–Trinajstić information content (AvgIpc) is 2.38. The zero-order chi connectivity index (χ0) is 13.7. The van der Waals surface area contributed by atoms with Gasteiger partial charge in [0.1, 0.15) is 11.6 Å². The zero-order valence-corrected chi connectivity index (χ0v) is 11.1. The second kappa shape index (κ2) is 6.29. The Morgan fingerprint density at radius 1 is 1.26 bits per heavy atom. The van der Waals surface area contributed by atoms with Gasteiger partial charge >= 0.3 is 0 Å². The van der Waals surface area contributed by atoms with E-state index in [0.717, 1.165) is 5.56 Å². The molecule has 1 heterocycles. The summed E-state index contributed by atoms with van der Waals surface area (Å²) in [6.45, 7) is 4.81. The van der Waals surface area contributed by atoms with Gasteiger partial charge in [-0.1, -0.05) is 26.0 Å².